The molecule has 1 saturated heterocycles. The van der Waals surface area contributed by atoms with Crippen molar-refractivity contribution in [2.24, 2.45) is 28.6 Å². The van der Waals surface area contributed by atoms with E-state index in [1.807, 2.05) is 19.1 Å². The second-order valence-corrected chi connectivity index (χ2v) is 13.2. The van der Waals surface area contributed by atoms with Gasteiger partial charge in [-0.25, -0.2) is 4.39 Å². The van der Waals surface area contributed by atoms with Gasteiger partial charge in [0.05, 0.1) is 24.1 Å². The summed E-state index contributed by atoms with van der Waals surface area (Å²) < 4.78 is 17.5. The standard InChI is InChI=1S/C30H31ClFNO4S/c1-4-13-38-26(36)30-19(17-33(37-30)21-8-6-20(31)7-9-21)15-24-23-10-5-18-14-22(34)11-12-27(18,2)29(23,32)25(35)16-28(24,30)3/h1,6-9,11-12,14,19,23-25,35H,5,10,13,15-17H2,2-3H3/t19-,23-,24-,25-,27-,28-,29-,30-/m0/s1. The molecule has 0 bridgehead atoms. The molecular weight excluding hydrogens is 525 g/mol. The predicted molar refractivity (Wildman–Crippen MR) is 146 cm³/mol. The van der Waals surface area contributed by atoms with Crippen molar-refractivity contribution in [3.05, 3.63) is 53.1 Å². The van der Waals surface area contributed by atoms with E-state index < -0.39 is 34.1 Å². The van der Waals surface area contributed by atoms with Gasteiger partial charge in [0.15, 0.2) is 17.1 Å². The number of ketones is 1. The number of nitrogens with zero attached hydrogens (tertiary/aromatic N) is 1. The van der Waals surface area contributed by atoms with Gasteiger partial charge in [-0.15, -0.1) is 6.42 Å². The van der Waals surface area contributed by atoms with E-state index >= 15 is 4.39 Å². The zero-order valence-corrected chi connectivity index (χ0v) is 23.0. The average molecular weight is 556 g/mol. The number of fused-ring (bicyclic) bond motifs is 7. The molecule has 8 atom stereocenters. The summed E-state index contributed by atoms with van der Waals surface area (Å²) in [5.74, 6) is 1.73. The molecule has 5 nitrogen and oxygen atoms in total. The summed E-state index contributed by atoms with van der Waals surface area (Å²) in [6, 6.07) is 7.26. The van der Waals surface area contributed by atoms with E-state index in [9.17, 15) is 14.7 Å². The molecule has 200 valence electrons. The van der Waals surface area contributed by atoms with Crippen LogP contribution >= 0.6 is 23.4 Å². The molecule has 8 heteroatoms. The number of benzene rings is 1. The fourth-order valence-electron chi connectivity index (χ4n) is 8.57. The number of alkyl halides is 1. The Kier molecular flexibility index (Phi) is 5.98. The van der Waals surface area contributed by atoms with Crippen LogP contribution in [0.2, 0.25) is 5.02 Å². The molecule has 38 heavy (non-hydrogen) atoms. The van der Waals surface area contributed by atoms with E-state index in [1.54, 1.807) is 30.2 Å². The third kappa shape index (κ3) is 3.21. The highest BCUT2D eigenvalue weighted by Gasteiger charge is 2.79. The van der Waals surface area contributed by atoms with Crippen molar-refractivity contribution in [3.63, 3.8) is 0 Å². The quantitative estimate of drug-likeness (QED) is 0.509. The van der Waals surface area contributed by atoms with Gasteiger partial charge in [-0.05, 0) is 74.9 Å². The predicted octanol–water partition coefficient (Wildman–Crippen LogP) is 5.32. The van der Waals surface area contributed by atoms with Crippen molar-refractivity contribution in [3.8, 4) is 12.3 Å². The summed E-state index contributed by atoms with van der Waals surface area (Å²) in [4.78, 5) is 32.8. The molecule has 1 heterocycles. The summed E-state index contributed by atoms with van der Waals surface area (Å²) in [6.45, 7) is 4.27. The molecule has 0 aromatic heterocycles. The normalized spacial score (nSPS) is 43.0. The van der Waals surface area contributed by atoms with Crippen LogP contribution in [0, 0.1) is 40.9 Å². The summed E-state index contributed by atoms with van der Waals surface area (Å²) in [5.41, 5.74) is -3.58. The van der Waals surface area contributed by atoms with Gasteiger partial charge in [-0.1, -0.05) is 47.9 Å². The number of rotatable bonds is 3. The number of anilines is 1. The Morgan fingerprint density at radius 2 is 2.05 bits per heavy atom. The number of thioether (sulfide) groups is 1. The highest BCUT2D eigenvalue weighted by atomic mass is 35.5. The average Bonchev–Trinajstić information content (AvgIpc) is 3.38. The lowest BCUT2D eigenvalue weighted by molar-refractivity contribution is -0.220. The lowest BCUT2D eigenvalue weighted by atomic mass is 9.45. The second kappa shape index (κ2) is 8.69. The first-order valence-electron chi connectivity index (χ1n) is 13.2. The maximum absolute atomic E-state index is 17.5. The lowest BCUT2D eigenvalue weighted by Gasteiger charge is -2.62. The fourth-order valence-corrected chi connectivity index (χ4v) is 9.56. The highest BCUT2D eigenvalue weighted by molar-refractivity contribution is 8.14. The van der Waals surface area contributed by atoms with Crippen LogP contribution in [0.15, 0.2) is 48.1 Å². The molecule has 0 spiro atoms. The van der Waals surface area contributed by atoms with E-state index in [0.29, 0.717) is 30.8 Å². The zero-order chi connectivity index (χ0) is 27.1. The Balaban J connectivity index is 1.43. The molecule has 0 unspecified atom stereocenters. The molecule has 4 aliphatic carbocycles. The van der Waals surface area contributed by atoms with Crippen LogP contribution in [0.4, 0.5) is 10.1 Å². The van der Waals surface area contributed by atoms with E-state index in [4.69, 9.17) is 22.9 Å². The van der Waals surface area contributed by atoms with E-state index in [1.165, 1.54) is 12.2 Å². The van der Waals surface area contributed by atoms with Crippen molar-refractivity contribution < 1.29 is 23.9 Å². The summed E-state index contributed by atoms with van der Waals surface area (Å²) in [6.07, 6.45) is 10.5. The van der Waals surface area contributed by atoms with Gasteiger partial charge >= 0.3 is 0 Å². The monoisotopic (exact) mass is 555 g/mol. The maximum Gasteiger partial charge on any atom is 0.225 e. The van der Waals surface area contributed by atoms with Gasteiger partial charge in [0.25, 0.3) is 0 Å². The minimum absolute atomic E-state index is 0.0721. The highest BCUT2D eigenvalue weighted by Crippen LogP contribution is 2.73. The number of aliphatic hydroxyl groups excluding tert-OH is 1. The van der Waals surface area contributed by atoms with Crippen LogP contribution in [0.3, 0.4) is 0 Å². The SMILES string of the molecule is C#CCSC(=O)[C@@]12ON(c3ccc(Cl)cc3)C[C@@H]1C[C@H]1[C@@H]3CCC4=CC(=O)C=C[C@]4(C)[C@@]3(F)[C@@H](O)C[C@@]12C. The van der Waals surface area contributed by atoms with E-state index in [-0.39, 0.29) is 34.9 Å². The number of hydrogen-bond donors (Lipinski definition) is 1. The number of hydrogen-bond acceptors (Lipinski definition) is 6. The van der Waals surface area contributed by atoms with Crippen molar-refractivity contribution in [1.29, 1.82) is 0 Å². The van der Waals surface area contributed by atoms with Crippen LogP contribution in [0.5, 0.6) is 0 Å². The lowest BCUT2D eigenvalue weighted by Crippen LogP contribution is -2.69. The summed E-state index contributed by atoms with van der Waals surface area (Å²) >= 11 is 7.16. The Labute approximate surface area is 231 Å². The van der Waals surface area contributed by atoms with Gasteiger partial charge in [0.1, 0.15) is 0 Å². The Bertz CT molecular complexity index is 1310. The molecule has 1 N–H and O–H groups in total. The minimum Gasteiger partial charge on any atom is -0.390 e. The van der Waals surface area contributed by atoms with E-state index in [0.717, 1.165) is 23.0 Å². The van der Waals surface area contributed by atoms with Crippen LogP contribution in [0.1, 0.15) is 39.5 Å². The van der Waals surface area contributed by atoms with Crippen LogP contribution in [-0.4, -0.2) is 45.7 Å². The second-order valence-electron chi connectivity index (χ2n) is 11.8. The molecule has 1 aliphatic heterocycles. The summed E-state index contributed by atoms with van der Waals surface area (Å²) in [7, 11) is 0. The Morgan fingerprint density at radius 1 is 1.32 bits per heavy atom. The molecule has 3 saturated carbocycles. The summed E-state index contributed by atoms with van der Waals surface area (Å²) in [5, 5.41) is 13.9. The molecule has 1 aromatic carbocycles. The topological polar surface area (TPSA) is 66.8 Å². The van der Waals surface area contributed by atoms with Crippen molar-refractivity contribution in [1.82, 2.24) is 0 Å². The minimum atomic E-state index is -1.96. The number of aliphatic hydroxyl groups is 1. The number of carbonyl (C=O) groups is 2. The number of hydroxylamine groups is 1. The van der Waals surface area contributed by atoms with Gasteiger partial charge < -0.3 is 5.11 Å². The smallest absolute Gasteiger partial charge is 0.225 e. The Hall–Kier alpha value is -2.11. The molecule has 6 rings (SSSR count). The van der Waals surface area contributed by atoms with Crippen molar-refractivity contribution in [2.75, 3.05) is 17.4 Å². The van der Waals surface area contributed by atoms with Gasteiger partial charge in [0.2, 0.25) is 5.12 Å². The molecule has 5 aliphatic rings. The fraction of sp³-hybridized carbons (Fsp3) is 0.533. The van der Waals surface area contributed by atoms with E-state index in [2.05, 4.69) is 5.92 Å². The third-order valence-electron chi connectivity index (χ3n) is 10.3. The van der Waals surface area contributed by atoms with Gasteiger partial charge in [-0.2, -0.15) is 0 Å². The van der Waals surface area contributed by atoms with Crippen molar-refractivity contribution >= 4 is 39.9 Å². The zero-order valence-electron chi connectivity index (χ0n) is 21.5. The first-order chi connectivity index (χ1) is 18.0. The maximum atomic E-state index is 17.5. The Morgan fingerprint density at radius 3 is 2.76 bits per heavy atom. The number of halogens is 2. The number of allylic oxidation sites excluding steroid dienone is 4. The molecule has 0 radical (unpaired) electrons. The first kappa shape index (κ1) is 26.1. The number of carbonyl (C=O) groups excluding carboxylic acids is 2. The first-order valence-corrected chi connectivity index (χ1v) is 14.5. The van der Waals surface area contributed by atoms with Crippen LogP contribution in [-0.2, 0) is 14.4 Å². The molecular formula is C30H31ClFNO4S. The largest absolute Gasteiger partial charge is 0.390 e. The number of terminal acetylenes is 1. The van der Waals surface area contributed by atoms with Crippen LogP contribution in [0.25, 0.3) is 0 Å². The van der Waals surface area contributed by atoms with Crippen LogP contribution < -0.4 is 5.06 Å². The molecule has 4 fully saturated rings. The van der Waals surface area contributed by atoms with Gasteiger partial charge in [0, 0.05) is 27.7 Å². The molecule has 0 amide bonds. The van der Waals surface area contributed by atoms with Gasteiger partial charge in [-0.3, -0.25) is 19.5 Å². The molecule has 1 aromatic rings. The third-order valence-corrected chi connectivity index (χ3v) is 11.5. The van der Waals surface area contributed by atoms with Crippen molar-refractivity contribution in [2.45, 2.75) is 56.9 Å².